The van der Waals surface area contributed by atoms with Gasteiger partial charge in [-0.2, -0.15) is 18.3 Å². The van der Waals surface area contributed by atoms with Gasteiger partial charge >= 0.3 is 6.18 Å². The van der Waals surface area contributed by atoms with Crippen LogP contribution in [0.2, 0.25) is 0 Å². The normalized spacial score (nSPS) is 15.0. The first-order valence-corrected chi connectivity index (χ1v) is 15.2. The highest BCUT2D eigenvalue weighted by molar-refractivity contribution is 9.10. The van der Waals surface area contributed by atoms with Crippen molar-refractivity contribution >= 4 is 21.8 Å². The molecular formula is C31H29BrF3N9O2. The molecule has 5 aromatic rings. The predicted octanol–water partition coefficient (Wildman–Crippen LogP) is 5.41. The zero-order valence-electron chi connectivity index (χ0n) is 25.5. The van der Waals surface area contributed by atoms with Gasteiger partial charge in [0, 0.05) is 34.4 Å². The fourth-order valence-electron chi connectivity index (χ4n) is 5.48. The second-order valence-corrected chi connectivity index (χ2v) is 12.5. The average Bonchev–Trinajstić information content (AvgIpc) is 3.62. The van der Waals surface area contributed by atoms with E-state index in [1.165, 1.54) is 21.6 Å². The van der Waals surface area contributed by atoms with Gasteiger partial charge in [-0.15, -0.1) is 10.2 Å². The van der Waals surface area contributed by atoms with E-state index in [9.17, 15) is 22.8 Å². The van der Waals surface area contributed by atoms with E-state index in [-0.39, 0.29) is 40.4 Å². The largest absolute Gasteiger partial charge is 0.417 e. The maximum absolute atomic E-state index is 14.3. The lowest BCUT2D eigenvalue weighted by Crippen LogP contribution is -2.46. The van der Waals surface area contributed by atoms with Gasteiger partial charge in [0.25, 0.3) is 11.5 Å². The van der Waals surface area contributed by atoms with Gasteiger partial charge in [0.15, 0.2) is 5.82 Å². The fraction of sp³-hybridized carbons (Fsp3) is 0.323. The number of fused-ring (bicyclic) bond motifs is 1. The third-order valence-corrected chi connectivity index (χ3v) is 8.70. The number of amides is 1. The van der Waals surface area contributed by atoms with Crippen molar-refractivity contribution in [2.45, 2.75) is 58.8 Å². The van der Waals surface area contributed by atoms with Crippen molar-refractivity contribution in [1.29, 1.82) is 0 Å². The number of halogens is 4. The van der Waals surface area contributed by atoms with Gasteiger partial charge in [0.2, 0.25) is 5.95 Å². The van der Waals surface area contributed by atoms with Gasteiger partial charge in [-0.05, 0) is 62.6 Å². The average molecular weight is 697 g/mol. The van der Waals surface area contributed by atoms with Crippen LogP contribution in [-0.2, 0) is 26.2 Å². The Morgan fingerprint density at radius 2 is 1.89 bits per heavy atom. The maximum Gasteiger partial charge on any atom is 0.417 e. The summed E-state index contributed by atoms with van der Waals surface area (Å²) in [5, 5.41) is 12.7. The van der Waals surface area contributed by atoms with Crippen LogP contribution in [0.4, 0.5) is 13.2 Å². The number of pyridine rings is 1. The highest BCUT2D eigenvalue weighted by Gasteiger charge is 2.36. The van der Waals surface area contributed by atoms with Crippen LogP contribution >= 0.6 is 15.9 Å². The van der Waals surface area contributed by atoms with Crippen molar-refractivity contribution < 1.29 is 18.0 Å². The smallest absolute Gasteiger partial charge is 0.330 e. The van der Waals surface area contributed by atoms with Crippen LogP contribution in [0.5, 0.6) is 0 Å². The summed E-state index contributed by atoms with van der Waals surface area (Å²) in [6, 6.07) is 8.29. The number of carbonyl (C=O) groups excluding carboxylic acids is 1. The predicted molar refractivity (Wildman–Crippen MR) is 166 cm³/mol. The number of hydrogen-bond donors (Lipinski definition) is 0. The van der Waals surface area contributed by atoms with Crippen LogP contribution < -0.4 is 5.56 Å². The van der Waals surface area contributed by atoms with Gasteiger partial charge in [0.1, 0.15) is 12.0 Å². The number of nitrogens with zero attached hydrogens (tertiary/aromatic N) is 9. The van der Waals surface area contributed by atoms with Crippen LogP contribution in [0.3, 0.4) is 0 Å². The number of alkyl halides is 3. The summed E-state index contributed by atoms with van der Waals surface area (Å²) >= 11 is 2.93. The summed E-state index contributed by atoms with van der Waals surface area (Å²) in [6.07, 6.45) is -1.38. The van der Waals surface area contributed by atoms with E-state index in [2.05, 4.69) is 31.1 Å². The lowest BCUT2D eigenvalue weighted by Gasteiger charge is -2.34. The van der Waals surface area contributed by atoms with Crippen LogP contribution in [0.1, 0.15) is 65.3 Å². The number of benzene rings is 1. The van der Waals surface area contributed by atoms with Crippen LogP contribution in [-0.4, -0.2) is 55.9 Å². The number of carbonyl (C=O) groups is 1. The zero-order chi connectivity index (χ0) is 33.1. The molecular weight excluding hydrogens is 667 g/mol. The van der Waals surface area contributed by atoms with Crippen molar-refractivity contribution in [3.8, 4) is 23.2 Å². The van der Waals surface area contributed by atoms with E-state index in [4.69, 9.17) is 10.1 Å². The van der Waals surface area contributed by atoms with Crippen molar-refractivity contribution in [3.05, 3.63) is 97.5 Å². The maximum atomic E-state index is 14.3. The highest BCUT2D eigenvalue weighted by atomic mass is 79.9. The second-order valence-electron chi connectivity index (χ2n) is 11.6. The molecule has 4 aromatic heterocycles. The van der Waals surface area contributed by atoms with Crippen molar-refractivity contribution in [1.82, 2.24) is 44.0 Å². The molecule has 0 unspecified atom stereocenters. The molecule has 0 saturated heterocycles. The molecule has 15 heteroatoms. The van der Waals surface area contributed by atoms with E-state index in [0.717, 1.165) is 17.5 Å². The van der Waals surface area contributed by atoms with Crippen LogP contribution in [0.25, 0.3) is 23.2 Å². The number of aryl methyl sites for hydroxylation is 2. The lowest BCUT2D eigenvalue weighted by molar-refractivity contribution is -0.138. The van der Waals surface area contributed by atoms with E-state index in [1.54, 1.807) is 47.9 Å². The summed E-state index contributed by atoms with van der Waals surface area (Å²) in [6.45, 7) is 7.55. The molecule has 5 heterocycles. The molecule has 11 nitrogen and oxygen atoms in total. The van der Waals surface area contributed by atoms with E-state index >= 15 is 0 Å². The molecule has 46 heavy (non-hydrogen) atoms. The first-order chi connectivity index (χ1) is 21.7. The first-order valence-electron chi connectivity index (χ1n) is 14.4. The monoisotopic (exact) mass is 695 g/mol. The minimum absolute atomic E-state index is 0.0729. The number of hydrogen-bond acceptors (Lipinski definition) is 7. The minimum Gasteiger partial charge on any atom is -0.330 e. The highest BCUT2D eigenvalue weighted by Crippen LogP contribution is 2.36. The van der Waals surface area contributed by atoms with Crippen molar-refractivity contribution in [2.24, 2.45) is 7.05 Å². The lowest BCUT2D eigenvalue weighted by atomic mass is 9.98. The van der Waals surface area contributed by atoms with Crippen LogP contribution in [0.15, 0.2) is 58.2 Å². The number of aromatic nitrogens is 8. The molecule has 1 aliphatic heterocycles. The Hall–Kier alpha value is -4.66. The molecule has 0 N–H and O–H groups in total. The molecule has 1 atom stereocenters. The first kappa shape index (κ1) is 31.3. The number of rotatable bonds is 5. The molecule has 1 amide bonds. The van der Waals surface area contributed by atoms with Crippen molar-refractivity contribution in [2.75, 3.05) is 0 Å². The van der Waals surface area contributed by atoms with Gasteiger partial charge in [0.05, 0.1) is 35.4 Å². The Bertz CT molecular complexity index is 2030. The Morgan fingerprint density at radius 3 is 2.50 bits per heavy atom. The Balaban J connectivity index is 1.46. The van der Waals surface area contributed by atoms with E-state index in [0.29, 0.717) is 28.5 Å². The minimum atomic E-state index is -4.64. The quantitative estimate of drug-likeness (QED) is 0.241. The van der Waals surface area contributed by atoms with Gasteiger partial charge in [-0.1, -0.05) is 29.8 Å². The topological polar surface area (TPSA) is 117 Å². The molecule has 0 saturated carbocycles. The molecule has 238 valence electrons. The molecule has 0 fully saturated rings. The Morgan fingerprint density at radius 1 is 1.13 bits per heavy atom. The SMILES string of the molecule is Cc1cc(C(C)C)nn1-c1nc2c(c(=O)n1-c1ccc(-c3nncn3C)nc1)C[C@@H](C)N(C(=O)c1ccc(Br)c(C(F)(F)F)c1)C2. The fourth-order valence-corrected chi connectivity index (χ4v) is 5.95. The van der Waals surface area contributed by atoms with Crippen LogP contribution in [0, 0.1) is 6.92 Å². The Labute approximate surface area is 269 Å². The third kappa shape index (κ3) is 5.52. The molecule has 1 aliphatic rings. The standard InChI is InChI=1S/C31H29BrF3N9O2/c1-16(2)25-11-18(4)44(40-25)30-38-26-14-42(28(45)19-6-8-23(32)22(12-19)31(33,34)35)17(3)10-21(26)29(46)43(30)20-7-9-24(36-13-20)27-39-37-15-41(27)5/h6-9,11-13,15-17H,10,14H2,1-5H3/t17-/m1/s1. The second kappa shape index (κ2) is 11.6. The molecule has 0 spiro atoms. The molecule has 0 aliphatic carbocycles. The van der Waals surface area contributed by atoms with Crippen molar-refractivity contribution in [3.63, 3.8) is 0 Å². The summed E-state index contributed by atoms with van der Waals surface area (Å²) in [4.78, 5) is 38.8. The third-order valence-electron chi connectivity index (χ3n) is 8.01. The van der Waals surface area contributed by atoms with E-state index in [1.807, 2.05) is 26.8 Å². The summed E-state index contributed by atoms with van der Waals surface area (Å²) in [7, 11) is 1.80. The van der Waals surface area contributed by atoms with Gasteiger partial charge < -0.3 is 9.47 Å². The van der Waals surface area contributed by atoms with E-state index < -0.39 is 23.7 Å². The zero-order valence-corrected chi connectivity index (χ0v) is 27.1. The molecule has 0 radical (unpaired) electrons. The van der Waals surface area contributed by atoms with Gasteiger partial charge in [-0.25, -0.2) is 14.2 Å². The molecule has 6 rings (SSSR count). The van der Waals surface area contributed by atoms with Gasteiger partial charge in [-0.3, -0.25) is 14.6 Å². The summed E-state index contributed by atoms with van der Waals surface area (Å²) < 4.78 is 45.4. The Kier molecular flexibility index (Phi) is 7.90. The summed E-state index contributed by atoms with van der Waals surface area (Å²) in [5.41, 5.74) is 1.88. The molecule has 0 bridgehead atoms. The summed E-state index contributed by atoms with van der Waals surface area (Å²) in [5.74, 6) is 0.265. The molecule has 1 aromatic carbocycles.